The molecule has 0 aliphatic carbocycles. The highest BCUT2D eigenvalue weighted by molar-refractivity contribution is 7.91. The molecule has 1 amide bonds. The lowest BCUT2D eigenvalue weighted by Crippen LogP contribution is -2.41. The van der Waals surface area contributed by atoms with Gasteiger partial charge in [0.15, 0.2) is 9.84 Å². The van der Waals surface area contributed by atoms with E-state index in [4.69, 9.17) is 5.73 Å². The molecule has 0 saturated heterocycles. The van der Waals surface area contributed by atoms with Gasteiger partial charge in [-0.05, 0) is 18.6 Å². The van der Waals surface area contributed by atoms with Crippen molar-refractivity contribution in [2.24, 2.45) is 5.73 Å². The molecule has 2 aromatic rings. The maximum Gasteiger partial charge on any atom is 0.242 e. The van der Waals surface area contributed by atoms with Crippen molar-refractivity contribution in [1.82, 2.24) is 20.3 Å². The number of hydrogen-bond donors (Lipinski definition) is 2. The van der Waals surface area contributed by atoms with Crippen LogP contribution in [0.4, 0.5) is 0 Å². The molecule has 1 aromatic heterocycles. The normalized spacial score (nSPS) is 12.8. The summed E-state index contributed by atoms with van der Waals surface area (Å²) in [6.07, 6.45) is 2.09. The Kier molecular flexibility index (Phi) is 6.04. The molecule has 0 aliphatic heterocycles. The van der Waals surface area contributed by atoms with Gasteiger partial charge in [0.25, 0.3) is 0 Å². The summed E-state index contributed by atoms with van der Waals surface area (Å²) >= 11 is 0. The maximum atomic E-state index is 12.4. The highest BCUT2D eigenvalue weighted by Crippen LogP contribution is 2.12. The van der Waals surface area contributed by atoms with Crippen molar-refractivity contribution in [2.75, 3.05) is 5.75 Å². The number of carbonyl (C=O) groups is 1. The van der Waals surface area contributed by atoms with Crippen molar-refractivity contribution in [3.05, 3.63) is 42.2 Å². The third kappa shape index (κ3) is 4.87. The van der Waals surface area contributed by atoms with Crippen LogP contribution in [-0.4, -0.2) is 41.1 Å². The summed E-state index contributed by atoms with van der Waals surface area (Å²) in [4.78, 5) is 12.3. The second-order valence-electron chi connectivity index (χ2n) is 5.38. The molecule has 8 nitrogen and oxygen atoms in total. The quantitative estimate of drug-likeness (QED) is 0.696. The minimum Gasteiger partial charge on any atom is -0.351 e. The fourth-order valence-corrected chi connectivity index (χ4v) is 3.79. The van der Waals surface area contributed by atoms with E-state index in [0.717, 1.165) is 0 Å². The number of aromatic nitrogens is 3. The summed E-state index contributed by atoms with van der Waals surface area (Å²) in [6, 6.07) is 7.73. The number of sulfone groups is 1. The first-order chi connectivity index (χ1) is 11.4. The van der Waals surface area contributed by atoms with E-state index < -0.39 is 15.9 Å². The van der Waals surface area contributed by atoms with E-state index in [-0.39, 0.29) is 29.6 Å². The van der Waals surface area contributed by atoms with Crippen LogP contribution in [0.5, 0.6) is 0 Å². The number of nitrogens with zero attached hydrogens (tertiary/aromatic N) is 3. The van der Waals surface area contributed by atoms with E-state index in [1.165, 1.54) is 4.68 Å². The maximum absolute atomic E-state index is 12.4. The molecule has 0 aliphatic rings. The fourth-order valence-electron chi connectivity index (χ4n) is 2.18. The molecule has 0 radical (unpaired) electrons. The van der Waals surface area contributed by atoms with Gasteiger partial charge >= 0.3 is 0 Å². The van der Waals surface area contributed by atoms with Crippen molar-refractivity contribution in [1.29, 1.82) is 0 Å². The molecular weight excluding hydrogens is 330 g/mol. The fraction of sp³-hybridized carbons (Fsp3) is 0.400. The molecule has 0 spiro atoms. The smallest absolute Gasteiger partial charge is 0.242 e. The van der Waals surface area contributed by atoms with Crippen molar-refractivity contribution in [3.8, 4) is 0 Å². The molecule has 0 saturated carbocycles. The van der Waals surface area contributed by atoms with Crippen molar-refractivity contribution < 1.29 is 13.2 Å². The van der Waals surface area contributed by atoms with Gasteiger partial charge in [-0.1, -0.05) is 30.3 Å². The van der Waals surface area contributed by atoms with Crippen molar-refractivity contribution >= 4 is 15.7 Å². The first-order valence-corrected chi connectivity index (χ1v) is 9.26. The van der Waals surface area contributed by atoms with Crippen LogP contribution >= 0.6 is 0 Å². The first kappa shape index (κ1) is 18.1. The highest BCUT2D eigenvalue weighted by atomic mass is 32.2. The Balaban J connectivity index is 1.97. The molecular formula is C15H21N5O3S. The molecule has 1 atom stereocenters. The molecule has 1 heterocycles. The van der Waals surface area contributed by atoms with E-state index >= 15 is 0 Å². The van der Waals surface area contributed by atoms with Crippen LogP contribution in [-0.2, 0) is 27.7 Å². The number of hydrogen-bond acceptors (Lipinski definition) is 6. The van der Waals surface area contributed by atoms with Gasteiger partial charge < -0.3 is 11.1 Å². The second-order valence-corrected chi connectivity index (χ2v) is 7.41. The number of benzene rings is 1. The van der Waals surface area contributed by atoms with Crippen LogP contribution in [0, 0.1) is 0 Å². The standard InChI is InChI=1S/C15H21N5O3S/c1-2-12(11-24(22,23)14-6-4-3-5-7-14)17-15(21)10-20-9-13(8-16)18-19-20/h3-7,9,12H,2,8,10-11,16H2,1H3,(H,17,21). The molecule has 1 aromatic carbocycles. The van der Waals surface area contributed by atoms with Gasteiger partial charge in [-0.3, -0.25) is 4.79 Å². The van der Waals surface area contributed by atoms with Crippen molar-refractivity contribution in [3.63, 3.8) is 0 Å². The summed E-state index contributed by atoms with van der Waals surface area (Å²) in [5.41, 5.74) is 6.02. The molecule has 2 rings (SSSR count). The average molecular weight is 351 g/mol. The van der Waals surface area contributed by atoms with Crippen LogP contribution in [0.3, 0.4) is 0 Å². The number of rotatable bonds is 8. The van der Waals surface area contributed by atoms with Gasteiger partial charge in [-0.15, -0.1) is 5.10 Å². The zero-order valence-electron chi connectivity index (χ0n) is 13.4. The topological polar surface area (TPSA) is 120 Å². The summed E-state index contributed by atoms with van der Waals surface area (Å²) in [5.74, 6) is -0.469. The molecule has 130 valence electrons. The summed E-state index contributed by atoms with van der Waals surface area (Å²) in [7, 11) is -3.46. The lowest BCUT2D eigenvalue weighted by Gasteiger charge is -2.17. The number of amides is 1. The molecule has 0 bridgehead atoms. The van der Waals surface area contributed by atoms with E-state index in [0.29, 0.717) is 12.1 Å². The van der Waals surface area contributed by atoms with Crippen LogP contribution in [0.2, 0.25) is 0 Å². The Morgan fingerprint density at radius 3 is 2.62 bits per heavy atom. The van der Waals surface area contributed by atoms with E-state index in [1.54, 1.807) is 36.5 Å². The Morgan fingerprint density at radius 1 is 1.33 bits per heavy atom. The van der Waals surface area contributed by atoms with Crippen molar-refractivity contribution in [2.45, 2.75) is 37.4 Å². The Morgan fingerprint density at radius 2 is 2.04 bits per heavy atom. The third-order valence-corrected chi connectivity index (χ3v) is 5.31. The second kappa shape index (κ2) is 8.02. The zero-order valence-corrected chi connectivity index (χ0v) is 14.2. The molecule has 3 N–H and O–H groups in total. The van der Waals surface area contributed by atoms with E-state index in [1.807, 2.05) is 6.92 Å². The van der Waals surface area contributed by atoms with Gasteiger partial charge in [-0.2, -0.15) is 0 Å². The van der Waals surface area contributed by atoms with E-state index in [2.05, 4.69) is 15.6 Å². The molecule has 1 unspecified atom stereocenters. The lowest BCUT2D eigenvalue weighted by molar-refractivity contribution is -0.122. The first-order valence-electron chi connectivity index (χ1n) is 7.61. The van der Waals surface area contributed by atoms with Gasteiger partial charge in [0.05, 0.1) is 22.5 Å². The highest BCUT2D eigenvalue weighted by Gasteiger charge is 2.21. The third-order valence-electron chi connectivity index (χ3n) is 3.48. The SMILES string of the molecule is CCC(CS(=O)(=O)c1ccccc1)NC(=O)Cn1cc(CN)nn1. The minimum atomic E-state index is -3.46. The molecule has 0 fully saturated rings. The lowest BCUT2D eigenvalue weighted by atomic mass is 10.2. The van der Waals surface area contributed by atoms with Gasteiger partial charge in [0.1, 0.15) is 6.54 Å². The summed E-state index contributed by atoms with van der Waals surface area (Å²) in [6.45, 7) is 2.04. The minimum absolute atomic E-state index is 0.0329. The van der Waals surface area contributed by atoms with E-state index in [9.17, 15) is 13.2 Å². The van der Waals surface area contributed by atoms with Gasteiger partial charge in [-0.25, -0.2) is 13.1 Å². The number of nitrogens with two attached hydrogens (primary N) is 1. The molecule has 9 heteroatoms. The van der Waals surface area contributed by atoms with Crippen LogP contribution in [0.15, 0.2) is 41.4 Å². The average Bonchev–Trinajstić information content (AvgIpc) is 3.02. The Labute approximate surface area is 141 Å². The zero-order chi connectivity index (χ0) is 17.6. The largest absolute Gasteiger partial charge is 0.351 e. The molecule has 24 heavy (non-hydrogen) atoms. The summed E-state index contributed by atoms with van der Waals surface area (Å²) < 4.78 is 26.2. The van der Waals surface area contributed by atoms with Gasteiger partial charge in [0.2, 0.25) is 5.91 Å². The van der Waals surface area contributed by atoms with Crippen LogP contribution in [0.25, 0.3) is 0 Å². The monoisotopic (exact) mass is 351 g/mol. The van der Waals surface area contributed by atoms with Gasteiger partial charge in [0, 0.05) is 12.6 Å². The number of carbonyl (C=O) groups excluding carboxylic acids is 1. The Hall–Kier alpha value is -2.26. The predicted octanol–water partition coefficient (Wildman–Crippen LogP) is 0.106. The Bertz CT molecular complexity index is 773. The summed E-state index contributed by atoms with van der Waals surface area (Å²) in [5, 5.41) is 10.3. The van der Waals surface area contributed by atoms with Crippen LogP contribution < -0.4 is 11.1 Å². The number of nitrogens with one attached hydrogen (secondary N) is 1. The predicted molar refractivity (Wildman–Crippen MR) is 88.6 cm³/mol. The van der Waals surface area contributed by atoms with Crippen LogP contribution in [0.1, 0.15) is 19.0 Å².